The Balaban J connectivity index is 0.000000995. The second kappa shape index (κ2) is 66.1. The summed E-state index contributed by atoms with van der Waals surface area (Å²) in [6, 6.07) is -20.1. The number of hydrogen-bond donors (Lipinski definition) is 39. The van der Waals surface area contributed by atoms with Crippen molar-refractivity contribution in [3.8, 4) is 0 Å². The molecule has 1 heterocycles. The molecule has 0 atom stereocenters. The summed E-state index contributed by atoms with van der Waals surface area (Å²) in [4.78, 5) is 102. The summed E-state index contributed by atoms with van der Waals surface area (Å²) in [5.74, 6) is -4.54. The molecule has 0 saturated heterocycles. The number of nitrogens with one attached hydrogen (secondary N) is 3. The third kappa shape index (κ3) is 33.0. The molecule has 39 N–H and O–H groups in total. The average Bonchev–Trinajstić information content (AvgIpc) is 0.778. The Kier molecular flexibility index (Phi) is 60.9. The van der Waals surface area contributed by atoms with Crippen LogP contribution in [0.3, 0.4) is 0 Å². The molecule has 762 valence electrons. The first-order valence-corrected chi connectivity index (χ1v) is 41.0. The molecule has 3 rings (SSSR count). The number of anilines is 6. The fraction of sp³-hybridized carbons (Fsp3) is 0.720. The van der Waals surface area contributed by atoms with E-state index in [1.54, 1.807) is 0 Å². The van der Waals surface area contributed by atoms with E-state index in [0.29, 0.717) is 0 Å². The van der Waals surface area contributed by atoms with E-state index in [2.05, 4.69) is 30.9 Å². The van der Waals surface area contributed by atoms with Crippen molar-refractivity contribution in [2.75, 3.05) is 268 Å². The van der Waals surface area contributed by atoms with Gasteiger partial charge in [-0.25, -0.2) is 14.4 Å². The smallest absolute Gasteiger partial charge is 0.322 e. The van der Waals surface area contributed by atoms with Gasteiger partial charge in [0.05, 0.1) is 347 Å². The highest BCUT2D eigenvalue weighted by Crippen LogP contribution is 2.31. The third-order valence-electron chi connectivity index (χ3n) is 20.7. The number of aliphatic hydroxyl groups excluding tert-OH is 36. The topological polar surface area (TPSA) is 935 Å². The molecule has 57 nitrogen and oxygen atoms in total. The van der Waals surface area contributed by atoms with Gasteiger partial charge in [-0.05, 0) is 36.4 Å². The third-order valence-corrected chi connectivity index (χ3v) is 20.7. The van der Waals surface area contributed by atoms with Gasteiger partial charge in [0.25, 0.3) is 17.7 Å². The number of carbonyl (C=O) groups excluding carboxylic acids is 6. The first-order valence-electron chi connectivity index (χ1n) is 41.0. The van der Waals surface area contributed by atoms with Crippen LogP contribution in [-0.4, -0.2) is 611 Å². The molecule has 0 aliphatic rings. The second-order valence-corrected chi connectivity index (χ2v) is 29.0. The van der Waals surface area contributed by atoms with Gasteiger partial charge >= 0.3 is 18.1 Å². The SMILES string of the molecule is O=C(Nc1cc(NC(=O)N(C(CO)CO)C(CO)CO)cc(NC(=O)N(C(CO)CO)C(CO)CO)c1)N(C(CO)CO)C(CO)CO.O=C(c1cc(C(=O)N(C(CO)CO)C(CO)CO)cc(C(=O)N(C(CO)CO)C(CO)CO)c1)N(C(CO)CO)C(CO)CO.OCC(CO)N(c1nc(N(C(CO)CO)C(CO)CO)nc(N(C(CO)CO)C(CO)CO)n1)C(CO)CO. The Bertz CT molecular complexity index is 3130. The Labute approximate surface area is 755 Å². The van der Waals surface area contributed by atoms with Crippen LogP contribution in [0.4, 0.5) is 49.3 Å². The van der Waals surface area contributed by atoms with Gasteiger partial charge in [-0.2, -0.15) is 15.0 Å². The maximum absolute atomic E-state index is 13.8. The van der Waals surface area contributed by atoms with Gasteiger partial charge in [0, 0.05) is 33.8 Å². The van der Waals surface area contributed by atoms with Crippen LogP contribution >= 0.6 is 0 Å². The molecule has 2 aromatic carbocycles. The van der Waals surface area contributed by atoms with Gasteiger partial charge in [-0.3, -0.25) is 14.4 Å². The van der Waals surface area contributed by atoms with Crippen molar-refractivity contribution in [2.24, 2.45) is 0 Å². The van der Waals surface area contributed by atoms with Gasteiger partial charge in [0.15, 0.2) is 0 Å². The molecule has 0 fully saturated rings. The van der Waals surface area contributed by atoms with Crippen LogP contribution < -0.4 is 30.7 Å². The predicted octanol–water partition coefficient (Wildman–Crippen LogP) is -20.2. The molecule has 0 radical (unpaired) electrons. The standard InChI is InChI=1S/C27H48N6O15.C27H45N3O15.C21H42N6O12/c34-4-19(5-35)31(20(6-36)7-37)25(46)28-16-1-17(29-26(47)32(21(8-38)9-39)22(10-40)11-41)3-18(2-16)30-27(48)33(23(12-42)13-43)24(14-44)15-45;31-4-19(5-32)28(20(6-33)7-34)25(43)16-1-17(26(44)29(21(8-35)9-36)22(10-37)11-38)3-18(2-16)27(45)30(23(12-39)13-40)24(14-41)15-42;28-1-13(2-29)25(14(3-30)4-31)19-22-20(26(15(5-32)6-33)16(7-34)8-35)24-21(23-19)27(17(9-36)10-37)18(11-38)12-39/h1-3,19-24,34-45H,4-15H2,(H,28,46)(H,29,47)(H,30,48);1-3,19-24,31-42H,4-15H2;13-18,28-39H,1-12H2. The molecule has 0 aliphatic carbocycles. The Morgan fingerprint density at radius 3 is 0.409 bits per heavy atom. The maximum atomic E-state index is 13.8. The quantitative estimate of drug-likeness (QED) is 0.0249. The molecule has 57 heteroatoms. The summed E-state index contributed by atoms with van der Waals surface area (Å²) in [7, 11) is 0. The van der Waals surface area contributed by atoms with Crippen molar-refractivity contribution in [1.82, 2.24) is 44.4 Å². The minimum Gasteiger partial charge on any atom is -0.394 e. The van der Waals surface area contributed by atoms with Gasteiger partial charge in [0.2, 0.25) is 17.8 Å². The summed E-state index contributed by atoms with van der Waals surface area (Å²) in [5, 5.41) is 360. The number of aromatic nitrogens is 3. The van der Waals surface area contributed by atoms with E-state index in [1.165, 1.54) is 0 Å². The fourth-order valence-corrected chi connectivity index (χ4v) is 13.4. The van der Waals surface area contributed by atoms with Crippen molar-refractivity contribution >= 4 is 70.7 Å². The molecule has 1 aromatic heterocycles. The van der Waals surface area contributed by atoms with Crippen molar-refractivity contribution in [3.63, 3.8) is 0 Å². The fourth-order valence-electron chi connectivity index (χ4n) is 13.4. The van der Waals surface area contributed by atoms with E-state index in [-0.39, 0.29) is 17.1 Å². The molecule has 0 bridgehead atoms. The largest absolute Gasteiger partial charge is 0.394 e. The first kappa shape index (κ1) is 122. The lowest BCUT2D eigenvalue weighted by molar-refractivity contribution is 0.00416. The molecule has 0 aliphatic heterocycles. The van der Waals surface area contributed by atoms with E-state index >= 15 is 0 Å². The number of urea groups is 3. The van der Waals surface area contributed by atoms with Gasteiger partial charge < -0.3 is 244 Å². The maximum Gasteiger partial charge on any atom is 0.322 e. The summed E-state index contributed by atoms with van der Waals surface area (Å²) in [6.07, 6.45) is 0. The molecule has 0 saturated carbocycles. The zero-order valence-corrected chi connectivity index (χ0v) is 72.2. The highest BCUT2D eigenvalue weighted by atomic mass is 16.3. The minimum absolute atomic E-state index is 0.191. The summed E-state index contributed by atoms with van der Waals surface area (Å²) < 4.78 is 0. The van der Waals surface area contributed by atoms with Gasteiger partial charge in [0.1, 0.15) is 0 Å². The summed E-state index contributed by atoms with van der Waals surface area (Å²) >= 11 is 0. The zero-order chi connectivity index (χ0) is 100. The Morgan fingerprint density at radius 2 is 0.295 bits per heavy atom. The van der Waals surface area contributed by atoms with E-state index in [4.69, 9.17) is 0 Å². The molecule has 3 aromatic rings. The molecular weight excluding hydrogens is 1780 g/mol. The number of rotatable bonds is 63. The van der Waals surface area contributed by atoms with Gasteiger partial charge in [-0.1, -0.05) is 0 Å². The highest BCUT2D eigenvalue weighted by molar-refractivity contribution is 6.05. The lowest BCUT2D eigenvalue weighted by Crippen LogP contribution is -2.55. The number of aliphatic hydroxyl groups is 36. The Morgan fingerprint density at radius 1 is 0.182 bits per heavy atom. The average molecular weight is 1920 g/mol. The molecule has 0 spiro atoms. The minimum atomic E-state index is -1.38. The van der Waals surface area contributed by atoms with E-state index in [0.717, 1.165) is 80.5 Å². The zero-order valence-electron chi connectivity index (χ0n) is 72.2. The van der Waals surface area contributed by atoms with Crippen LogP contribution in [-0.2, 0) is 0 Å². The Hall–Kier alpha value is -8.37. The number of amides is 9. The van der Waals surface area contributed by atoms with Crippen LogP contribution in [0.5, 0.6) is 0 Å². The normalized spacial score (nSPS) is 11.9. The predicted molar refractivity (Wildman–Crippen MR) is 455 cm³/mol. The lowest BCUT2D eigenvalue weighted by Gasteiger charge is -2.40. The number of nitrogens with zero attached hydrogens (tertiary/aromatic N) is 12. The van der Waals surface area contributed by atoms with E-state index in [1.807, 2.05) is 0 Å². The first-order chi connectivity index (χ1) is 63.4. The number of hydrogen-bond acceptors (Lipinski definition) is 48. The van der Waals surface area contributed by atoms with Gasteiger partial charge in [-0.15, -0.1) is 0 Å². The monoisotopic (exact) mass is 1920 g/mol. The summed E-state index contributed by atoms with van der Waals surface area (Å²) in [6.45, 7) is -27.7. The van der Waals surface area contributed by atoms with Crippen LogP contribution in [0.1, 0.15) is 31.1 Å². The van der Waals surface area contributed by atoms with Crippen LogP contribution in [0, 0.1) is 0 Å². The molecular formula is C75H135N15O42. The van der Waals surface area contributed by atoms with Crippen LogP contribution in [0.2, 0.25) is 0 Å². The van der Waals surface area contributed by atoms with Crippen LogP contribution in [0.25, 0.3) is 0 Å². The molecule has 132 heavy (non-hydrogen) atoms. The van der Waals surface area contributed by atoms with Crippen molar-refractivity contribution in [3.05, 3.63) is 53.1 Å². The number of benzene rings is 2. The second-order valence-electron chi connectivity index (χ2n) is 29.0. The van der Waals surface area contributed by atoms with Crippen molar-refractivity contribution in [1.29, 1.82) is 0 Å². The highest BCUT2D eigenvalue weighted by Gasteiger charge is 2.42. The lowest BCUT2D eigenvalue weighted by atomic mass is 9.99. The summed E-state index contributed by atoms with van der Waals surface area (Å²) in [5.41, 5.74) is -2.06. The van der Waals surface area contributed by atoms with Crippen molar-refractivity contribution in [2.45, 2.75) is 109 Å². The molecule has 0 unspecified atom stereocenters. The van der Waals surface area contributed by atoms with E-state index in [9.17, 15) is 213 Å². The number of carbonyl (C=O) groups is 6. The van der Waals surface area contributed by atoms with E-state index < -0.39 is 417 Å². The molecule has 9 amide bonds. The van der Waals surface area contributed by atoms with Crippen molar-refractivity contribution < 1.29 is 213 Å². The van der Waals surface area contributed by atoms with Crippen LogP contribution in [0.15, 0.2) is 36.4 Å².